The number of nitrogens with zero attached hydrogens (tertiary/aromatic N) is 2. The Bertz CT molecular complexity index is 291. The average Bonchev–Trinajstić information content (AvgIpc) is 2.35. The Labute approximate surface area is 124 Å². The summed E-state index contributed by atoms with van der Waals surface area (Å²) in [6.07, 6.45) is 4.75. The smallest absolute Gasteiger partial charge is 0.317 e. The molecular weight excluding hydrogens is 252 g/mol. The SMILES string of the molecule is CCN(CC(=O)O)C1CCN(CCCC(C)(C)C)CC1. The quantitative estimate of drug-likeness (QED) is 0.780. The summed E-state index contributed by atoms with van der Waals surface area (Å²) in [4.78, 5) is 15.5. The summed E-state index contributed by atoms with van der Waals surface area (Å²) < 4.78 is 0. The number of likely N-dealkylation sites (N-methyl/N-ethyl adjacent to an activating group) is 1. The molecule has 20 heavy (non-hydrogen) atoms. The number of carbonyl (C=O) groups is 1. The Morgan fingerprint density at radius 1 is 1.30 bits per heavy atom. The summed E-state index contributed by atoms with van der Waals surface area (Å²) in [5.74, 6) is -0.709. The molecule has 0 bridgehead atoms. The van der Waals surface area contributed by atoms with Crippen LogP contribution in [0.1, 0.15) is 53.4 Å². The van der Waals surface area contributed by atoms with Crippen molar-refractivity contribution in [2.75, 3.05) is 32.7 Å². The van der Waals surface area contributed by atoms with Gasteiger partial charge >= 0.3 is 5.97 Å². The molecule has 118 valence electrons. The van der Waals surface area contributed by atoms with E-state index in [-0.39, 0.29) is 6.54 Å². The van der Waals surface area contributed by atoms with Crippen LogP contribution in [0.5, 0.6) is 0 Å². The van der Waals surface area contributed by atoms with E-state index in [9.17, 15) is 4.79 Å². The van der Waals surface area contributed by atoms with Gasteiger partial charge in [-0.3, -0.25) is 9.69 Å². The molecule has 4 heteroatoms. The summed E-state index contributed by atoms with van der Waals surface area (Å²) in [6.45, 7) is 13.4. The molecule has 0 aromatic heterocycles. The first-order valence-corrected chi connectivity index (χ1v) is 8.00. The maximum Gasteiger partial charge on any atom is 0.317 e. The number of aliphatic carboxylic acids is 1. The highest BCUT2D eigenvalue weighted by atomic mass is 16.4. The largest absolute Gasteiger partial charge is 0.480 e. The van der Waals surface area contributed by atoms with Crippen LogP contribution in [0.3, 0.4) is 0 Å². The molecule has 0 unspecified atom stereocenters. The third-order valence-electron chi connectivity index (χ3n) is 4.22. The molecule has 1 aliphatic rings. The van der Waals surface area contributed by atoms with E-state index in [2.05, 4.69) is 37.5 Å². The van der Waals surface area contributed by atoms with Crippen LogP contribution >= 0.6 is 0 Å². The van der Waals surface area contributed by atoms with Gasteiger partial charge in [0.05, 0.1) is 6.54 Å². The highest BCUT2D eigenvalue weighted by Crippen LogP contribution is 2.22. The number of rotatable bonds is 7. The fraction of sp³-hybridized carbons (Fsp3) is 0.938. The van der Waals surface area contributed by atoms with Crippen molar-refractivity contribution >= 4 is 5.97 Å². The van der Waals surface area contributed by atoms with Crippen LogP contribution in [0.25, 0.3) is 0 Å². The minimum absolute atomic E-state index is 0.186. The normalized spacial score (nSPS) is 18.6. The van der Waals surface area contributed by atoms with Crippen LogP contribution in [-0.4, -0.2) is 59.6 Å². The van der Waals surface area contributed by atoms with E-state index in [0.29, 0.717) is 11.5 Å². The standard InChI is InChI=1S/C16H32N2O2/c1-5-18(13-15(19)20)14-7-11-17(12-8-14)10-6-9-16(2,3)4/h14H,5-13H2,1-4H3,(H,19,20). The minimum atomic E-state index is -0.709. The molecule has 1 aliphatic heterocycles. The van der Waals surface area contributed by atoms with Crippen molar-refractivity contribution in [3.8, 4) is 0 Å². The molecule has 1 N–H and O–H groups in total. The number of carboxylic acid groups (broad SMARTS) is 1. The summed E-state index contributed by atoms with van der Waals surface area (Å²) in [7, 11) is 0. The van der Waals surface area contributed by atoms with Gasteiger partial charge in [0.2, 0.25) is 0 Å². The zero-order valence-electron chi connectivity index (χ0n) is 13.7. The van der Waals surface area contributed by atoms with E-state index in [1.165, 1.54) is 19.4 Å². The van der Waals surface area contributed by atoms with Gasteiger partial charge in [-0.05, 0) is 57.3 Å². The third-order valence-corrected chi connectivity index (χ3v) is 4.22. The van der Waals surface area contributed by atoms with E-state index < -0.39 is 5.97 Å². The van der Waals surface area contributed by atoms with Crippen molar-refractivity contribution in [1.29, 1.82) is 0 Å². The van der Waals surface area contributed by atoms with Crippen LogP contribution in [0.2, 0.25) is 0 Å². The Morgan fingerprint density at radius 2 is 1.90 bits per heavy atom. The molecule has 0 radical (unpaired) electrons. The molecule has 0 aromatic carbocycles. The van der Waals surface area contributed by atoms with Gasteiger partial charge in [-0.15, -0.1) is 0 Å². The van der Waals surface area contributed by atoms with Crippen LogP contribution < -0.4 is 0 Å². The van der Waals surface area contributed by atoms with Gasteiger partial charge in [0, 0.05) is 6.04 Å². The van der Waals surface area contributed by atoms with Gasteiger partial charge in [0.15, 0.2) is 0 Å². The number of hydrogen-bond acceptors (Lipinski definition) is 3. The molecule has 0 saturated carbocycles. The molecule has 1 saturated heterocycles. The first kappa shape index (κ1) is 17.4. The summed E-state index contributed by atoms with van der Waals surface area (Å²) in [6, 6.07) is 0.454. The van der Waals surface area contributed by atoms with Crippen LogP contribution in [0.15, 0.2) is 0 Å². The molecule has 0 amide bonds. The van der Waals surface area contributed by atoms with Crippen molar-refractivity contribution < 1.29 is 9.90 Å². The fourth-order valence-corrected chi connectivity index (χ4v) is 3.01. The molecule has 0 aliphatic carbocycles. The molecule has 0 aromatic rings. The highest BCUT2D eigenvalue weighted by Gasteiger charge is 2.24. The molecule has 0 atom stereocenters. The molecule has 4 nitrogen and oxygen atoms in total. The first-order valence-electron chi connectivity index (χ1n) is 8.00. The number of likely N-dealkylation sites (tertiary alicyclic amines) is 1. The number of piperidine rings is 1. The van der Waals surface area contributed by atoms with E-state index >= 15 is 0 Å². The van der Waals surface area contributed by atoms with Gasteiger partial charge in [-0.1, -0.05) is 27.7 Å². The van der Waals surface area contributed by atoms with Crippen LogP contribution in [0.4, 0.5) is 0 Å². The van der Waals surface area contributed by atoms with Gasteiger partial charge in [-0.2, -0.15) is 0 Å². The van der Waals surface area contributed by atoms with E-state index in [4.69, 9.17) is 5.11 Å². The van der Waals surface area contributed by atoms with Crippen molar-refractivity contribution in [2.24, 2.45) is 5.41 Å². The zero-order chi connectivity index (χ0) is 15.2. The van der Waals surface area contributed by atoms with Crippen LogP contribution in [0, 0.1) is 5.41 Å². The number of hydrogen-bond donors (Lipinski definition) is 1. The second-order valence-corrected chi connectivity index (χ2v) is 7.19. The Hall–Kier alpha value is -0.610. The summed E-state index contributed by atoms with van der Waals surface area (Å²) in [5, 5.41) is 8.94. The first-order chi connectivity index (χ1) is 9.31. The molecule has 1 rings (SSSR count). The second kappa shape index (κ2) is 7.99. The Kier molecular flexibility index (Phi) is 6.96. The topological polar surface area (TPSA) is 43.8 Å². The molecule has 1 fully saturated rings. The van der Waals surface area contributed by atoms with Gasteiger partial charge in [-0.25, -0.2) is 0 Å². The van der Waals surface area contributed by atoms with Crippen molar-refractivity contribution in [2.45, 2.75) is 59.4 Å². The van der Waals surface area contributed by atoms with Gasteiger partial charge < -0.3 is 10.0 Å². The number of carboxylic acids is 1. The molecule has 0 spiro atoms. The molecular formula is C16H32N2O2. The van der Waals surface area contributed by atoms with Gasteiger partial charge in [0.1, 0.15) is 0 Å². The zero-order valence-corrected chi connectivity index (χ0v) is 13.7. The lowest BCUT2D eigenvalue weighted by Crippen LogP contribution is -2.46. The van der Waals surface area contributed by atoms with Crippen LogP contribution in [-0.2, 0) is 4.79 Å². The predicted octanol–water partition coefficient (Wildman–Crippen LogP) is 2.68. The maximum atomic E-state index is 10.9. The highest BCUT2D eigenvalue weighted by molar-refractivity contribution is 5.69. The molecule has 1 heterocycles. The Balaban J connectivity index is 2.27. The van der Waals surface area contributed by atoms with E-state index in [1.54, 1.807) is 0 Å². The van der Waals surface area contributed by atoms with E-state index in [1.807, 2.05) is 0 Å². The Morgan fingerprint density at radius 3 is 2.35 bits per heavy atom. The monoisotopic (exact) mass is 284 g/mol. The average molecular weight is 284 g/mol. The lowest BCUT2D eigenvalue weighted by molar-refractivity contribution is -0.139. The van der Waals surface area contributed by atoms with E-state index in [0.717, 1.165) is 32.5 Å². The summed E-state index contributed by atoms with van der Waals surface area (Å²) >= 11 is 0. The van der Waals surface area contributed by atoms with Crippen molar-refractivity contribution in [1.82, 2.24) is 9.80 Å². The minimum Gasteiger partial charge on any atom is -0.480 e. The lowest BCUT2D eigenvalue weighted by Gasteiger charge is -2.37. The predicted molar refractivity (Wildman–Crippen MR) is 83.0 cm³/mol. The summed E-state index contributed by atoms with van der Waals surface area (Å²) in [5.41, 5.74) is 0.429. The van der Waals surface area contributed by atoms with Crippen molar-refractivity contribution in [3.63, 3.8) is 0 Å². The van der Waals surface area contributed by atoms with Crippen molar-refractivity contribution in [3.05, 3.63) is 0 Å². The third kappa shape index (κ3) is 6.71. The fourth-order valence-electron chi connectivity index (χ4n) is 3.01. The second-order valence-electron chi connectivity index (χ2n) is 7.19. The maximum absolute atomic E-state index is 10.9. The lowest BCUT2D eigenvalue weighted by atomic mass is 9.90. The van der Waals surface area contributed by atoms with Gasteiger partial charge in [0.25, 0.3) is 0 Å².